The van der Waals surface area contributed by atoms with Crippen LogP contribution in [0.25, 0.3) is 0 Å². The second kappa shape index (κ2) is 7.29. The van der Waals surface area contributed by atoms with Gasteiger partial charge in [-0.05, 0) is 43.9 Å². The standard InChI is InChI=1S/C16H24N2O2/c1-3-9-18(11-13-7-8-13)12-16(19)17-14-5-4-6-15(10-14)20-2/h4-6,10,13H,3,7-9,11-12H2,1-2H3,(H,17,19). The molecule has 0 bridgehead atoms. The molecule has 0 saturated heterocycles. The summed E-state index contributed by atoms with van der Waals surface area (Å²) in [7, 11) is 1.62. The molecule has 1 fully saturated rings. The summed E-state index contributed by atoms with van der Waals surface area (Å²) in [6.07, 6.45) is 3.72. The molecule has 0 unspecified atom stereocenters. The summed E-state index contributed by atoms with van der Waals surface area (Å²) < 4.78 is 5.16. The number of anilines is 1. The van der Waals surface area contributed by atoms with Gasteiger partial charge in [-0.15, -0.1) is 0 Å². The monoisotopic (exact) mass is 276 g/mol. The minimum Gasteiger partial charge on any atom is -0.497 e. The maximum Gasteiger partial charge on any atom is 0.238 e. The van der Waals surface area contributed by atoms with Gasteiger partial charge in [-0.2, -0.15) is 0 Å². The highest BCUT2D eigenvalue weighted by molar-refractivity contribution is 5.92. The van der Waals surface area contributed by atoms with E-state index >= 15 is 0 Å². The van der Waals surface area contributed by atoms with Gasteiger partial charge in [0.2, 0.25) is 5.91 Å². The van der Waals surface area contributed by atoms with E-state index in [0.29, 0.717) is 6.54 Å². The van der Waals surface area contributed by atoms with Crippen LogP contribution in [0.4, 0.5) is 5.69 Å². The molecule has 110 valence electrons. The van der Waals surface area contributed by atoms with Gasteiger partial charge in [-0.1, -0.05) is 13.0 Å². The lowest BCUT2D eigenvalue weighted by Gasteiger charge is -2.20. The summed E-state index contributed by atoms with van der Waals surface area (Å²) in [6, 6.07) is 7.46. The second-order valence-electron chi connectivity index (χ2n) is 5.46. The third-order valence-corrected chi connectivity index (χ3v) is 3.47. The van der Waals surface area contributed by atoms with E-state index in [1.54, 1.807) is 7.11 Å². The fourth-order valence-corrected chi connectivity index (χ4v) is 2.32. The van der Waals surface area contributed by atoms with Crippen LogP contribution in [0, 0.1) is 5.92 Å². The number of nitrogens with one attached hydrogen (secondary N) is 1. The minimum atomic E-state index is 0.0485. The molecule has 1 aromatic carbocycles. The Morgan fingerprint density at radius 2 is 2.25 bits per heavy atom. The molecule has 20 heavy (non-hydrogen) atoms. The molecule has 1 N–H and O–H groups in total. The van der Waals surface area contributed by atoms with E-state index < -0.39 is 0 Å². The van der Waals surface area contributed by atoms with Crippen LogP contribution < -0.4 is 10.1 Å². The highest BCUT2D eigenvalue weighted by Crippen LogP contribution is 2.29. The molecule has 2 rings (SSSR count). The molecular weight excluding hydrogens is 252 g/mol. The van der Waals surface area contributed by atoms with Crippen molar-refractivity contribution < 1.29 is 9.53 Å². The van der Waals surface area contributed by atoms with Crippen molar-refractivity contribution in [1.82, 2.24) is 4.90 Å². The number of ether oxygens (including phenoxy) is 1. The number of rotatable bonds is 8. The van der Waals surface area contributed by atoms with Crippen molar-refractivity contribution in [3.8, 4) is 5.75 Å². The smallest absolute Gasteiger partial charge is 0.238 e. The number of carbonyl (C=O) groups is 1. The van der Waals surface area contributed by atoms with E-state index in [9.17, 15) is 4.79 Å². The van der Waals surface area contributed by atoms with Gasteiger partial charge >= 0.3 is 0 Å². The van der Waals surface area contributed by atoms with E-state index in [-0.39, 0.29) is 5.91 Å². The molecule has 1 amide bonds. The largest absolute Gasteiger partial charge is 0.497 e. The number of amides is 1. The van der Waals surface area contributed by atoms with Crippen LogP contribution in [0.5, 0.6) is 5.75 Å². The predicted molar refractivity (Wildman–Crippen MR) is 81.1 cm³/mol. The summed E-state index contributed by atoms with van der Waals surface area (Å²) in [5, 5.41) is 2.94. The van der Waals surface area contributed by atoms with Crippen molar-refractivity contribution in [1.29, 1.82) is 0 Å². The normalized spacial score (nSPS) is 14.3. The van der Waals surface area contributed by atoms with Crippen LogP contribution in [0.2, 0.25) is 0 Å². The number of hydrogen-bond donors (Lipinski definition) is 1. The fraction of sp³-hybridized carbons (Fsp3) is 0.562. The van der Waals surface area contributed by atoms with Gasteiger partial charge in [0.05, 0.1) is 13.7 Å². The molecule has 0 atom stereocenters. The SMILES string of the molecule is CCCN(CC(=O)Nc1cccc(OC)c1)CC1CC1. The van der Waals surface area contributed by atoms with Gasteiger partial charge in [0.25, 0.3) is 0 Å². The van der Waals surface area contributed by atoms with E-state index in [0.717, 1.165) is 36.9 Å². The average molecular weight is 276 g/mol. The molecule has 0 aliphatic heterocycles. The van der Waals surface area contributed by atoms with Crippen molar-refractivity contribution in [3.05, 3.63) is 24.3 Å². The molecule has 4 heteroatoms. The van der Waals surface area contributed by atoms with Crippen molar-refractivity contribution in [2.24, 2.45) is 5.92 Å². The zero-order valence-electron chi connectivity index (χ0n) is 12.4. The third kappa shape index (κ3) is 4.85. The van der Waals surface area contributed by atoms with Gasteiger partial charge in [0.1, 0.15) is 5.75 Å². The van der Waals surface area contributed by atoms with Gasteiger partial charge in [0.15, 0.2) is 0 Å². The Hall–Kier alpha value is -1.55. The van der Waals surface area contributed by atoms with Gasteiger partial charge in [-0.3, -0.25) is 9.69 Å². The van der Waals surface area contributed by atoms with Crippen LogP contribution in [0.3, 0.4) is 0 Å². The van der Waals surface area contributed by atoms with E-state index in [1.807, 2.05) is 24.3 Å². The van der Waals surface area contributed by atoms with Crippen molar-refractivity contribution in [2.45, 2.75) is 26.2 Å². The molecule has 0 radical (unpaired) electrons. The number of methoxy groups -OCH3 is 1. The fourth-order valence-electron chi connectivity index (χ4n) is 2.32. The topological polar surface area (TPSA) is 41.6 Å². The molecule has 0 aromatic heterocycles. The van der Waals surface area contributed by atoms with E-state index in [2.05, 4.69) is 17.1 Å². The Kier molecular flexibility index (Phi) is 5.41. The maximum atomic E-state index is 12.1. The van der Waals surface area contributed by atoms with Gasteiger partial charge < -0.3 is 10.1 Å². The Balaban J connectivity index is 1.85. The quantitative estimate of drug-likeness (QED) is 0.794. The Labute approximate surface area is 121 Å². The van der Waals surface area contributed by atoms with Crippen LogP contribution in [0.15, 0.2) is 24.3 Å². The van der Waals surface area contributed by atoms with E-state index in [1.165, 1.54) is 12.8 Å². The number of hydrogen-bond acceptors (Lipinski definition) is 3. The minimum absolute atomic E-state index is 0.0485. The van der Waals surface area contributed by atoms with Crippen molar-refractivity contribution in [2.75, 3.05) is 32.1 Å². The Morgan fingerprint density at radius 1 is 1.45 bits per heavy atom. The highest BCUT2D eigenvalue weighted by atomic mass is 16.5. The van der Waals surface area contributed by atoms with Crippen LogP contribution in [-0.2, 0) is 4.79 Å². The van der Waals surface area contributed by atoms with Gasteiger partial charge in [-0.25, -0.2) is 0 Å². The van der Waals surface area contributed by atoms with E-state index in [4.69, 9.17) is 4.74 Å². The first kappa shape index (κ1) is 14.9. The molecule has 1 aliphatic rings. The lowest BCUT2D eigenvalue weighted by atomic mass is 10.3. The lowest BCUT2D eigenvalue weighted by molar-refractivity contribution is -0.117. The zero-order chi connectivity index (χ0) is 14.4. The average Bonchev–Trinajstić information content (AvgIpc) is 3.23. The first-order chi connectivity index (χ1) is 9.71. The number of nitrogens with zero attached hydrogens (tertiary/aromatic N) is 1. The number of benzene rings is 1. The molecule has 1 saturated carbocycles. The molecule has 1 aliphatic carbocycles. The van der Waals surface area contributed by atoms with Crippen LogP contribution >= 0.6 is 0 Å². The van der Waals surface area contributed by atoms with Crippen LogP contribution in [-0.4, -0.2) is 37.6 Å². The third-order valence-electron chi connectivity index (χ3n) is 3.47. The summed E-state index contributed by atoms with van der Waals surface area (Å²) in [5.41, 5.74) is 0.789. The molecular formula is C16H24N2O2. The Bertz CT molecular complexity index is 444. The van der Waals surface area contributed by atoms with Crippen molar-refractivity contribution in [3.63, 3.8) is 0 Å². The van der Waals surface area contributed by atoms with Gasteiger partial charge in [0, 0.05) is 18.3 Å². The molecule has 0 spiro atoms. The van der Waals surface area contributed by atoms with Crippen LogP contribution in [0.1, 0.15) is 26.2 Å². The Morgan fingerprint density at radius 3 is 2.90 bits per heavy atom. The number of carbonyl (C=O) groups excluding carboxylic acids is 1. The summed E-state index contributed by atoms with van der Waals surface area (Å²) in [4.78, 5) is 14.4. The highest BCUT2D eigenvalue weighted by Gasteiger charge is 2.24. The second-order valence-corrected chi connectivity index (χ2v) is 5.46. The summed E-state index contributed by atoms with van der Waals surface area (Å²) in [5.74, 6) is 1.62. The summed E-state index contributed by atoms with van der Waals surface area (Å²) >= 11 is 0. The van der Waals surface area contributed by atoms with Crippen molar-refractivity contribution >= 4 is 11.6 Å². The summed E-state index contributed by atoms with van der Waals surface area (Å²) in [6.45, 7) is 4.67. The first-order valence-electron chi connectivity index (χ1n) is 7.37. The first-order valence-corrected chi connectivity index (χ1v) is 7.37. The lowest BCUT2D eigenvalue weighted by Crippen LogP contribution is -2.35. The maximum absolute atomic E-state index is 12.1. The molecule has 0 heterocycles. The molecule has 1 aromatic rings. The predicted octanol–water partition coefficient (Wildman–Crippen LogP) is 2.76. The molecule has 4 nitrogen and oxygen atoms in total. The zero-order valence-corrected chi connectivity index (χ0v) is 12.4.